The molecule has 2 heterocycles. The first-order chi connectivity index (χ1) is 18.3. The van der Waals surface area contributed by atoms with Crippen molar-refractivity contribution in [2.24, 2.45) is 0 Å². The molecule has 2 aliphatic rings. The lowest BCUT2D eigenvalue weighted by Crippen LogP contribution is -2.31. The molecule has 0 atom stereocenters. The van der Waals surface area contributed by atoms with Crippen molar-refractivity contribution >= 4 is 28.1 Å². The maximum Gasteiger partial charge on any atom is 0.259 e. The van der Waals surface area contributed by atoms with Gasteiger partial charge in [0.05, 0.1) is 5.69 Å². The van der Waals surface area contributed by atoms with Crippen LogP contribution in [0, 0.1) is 0 Å². The zero-order valence-electron chi connectivity index (χ0n) is 21.5. The van der Waals surface area contributed by atoms with E-state index < -0.39 is 0 Å². The number of carbonyl (C=O) groups is 1. The van der Waals surface area contributed by atoms with Gasteiger partial charge in [-0.3, -0.25) is 4.79 Å². The van der Waals surface area contributed by atoms with E-state index in [0.29, 0.717) is 6.54 Å². The fourth-order valence-electron chi connectivity index (χ4n) is 6.00. The highest BCUT2D eigenvalue weighted by molar-refractivity contribution is 6.26. The summed E-state index contributed by atoms with van der Waals surface area (Å²) in [6, 6.07) is 31.9. The minimum atomic E-state index is 0.133. The maximum absolute atomic E-state index is 13.4. The van der Waals surface area contributed by atoms with Gasteiger partial charge in [-0.2, -0.15) is 0 Å². The van der Waals surface area contributed by atoms with Gasteiger partial charge in [-0.15, -0.1) is 0 Å². The van der Waals surface area contributed by atoms with Gasteiger partial charge in [-0.05, 0) is 68.1 Å². The minimum Gasteiger partial charge on any atom is -0.370 e. The van der Waals surface area contributed by atoms with Crippen LogP contribution in [0.25, 0.3) is 10.8 Å². The summed E-state index contributed by atoms with van der Waals surface area (Å²) in [7, 11) is 0. The van der Waals surface area contributed by atoms with Crippen molar-refractivity contribution in [3.05, 3.63) is 108 Å². The normalized spacial score (nSPS) is 15.9. The van der Waals surface area contributed by atoms with E-state index in [1.165, 1.54) is 28.6 Å². The van der Waals surface area contributed by atoms with Crippen LogP contribution in [-0.4, -0.2) is 50.1 Å². The summed E-state index contributed by atoms with van der Waals surface area (Å²) >= 11 is 0. The van der Waals surface area contributed by atoms with E-state index in [2.05, 4.69) is 88.7 Å². The number of carbonyl (C=O) groups excluding carboxylic acids is 1. The third-order valence-electron chi connectivity index (χ3n) is 7.94. The highest BCUT2D eigenvalue weighted by atomic mass is 16.2. The fraction of sp³-hybridized carbons (Fsp3) is 0.303. The molecule has 0 radical (unpaired) electrons. The molecule has 1 saturated heterocycles. The SMILES string of the molecule is O=C1c2cccc3c(N4CCCN(CCCc5ccccc5)CC4)ccc(c23)N1CCc1ccccc1. The smallest absolute Gasteiger partial charge is 0.259 e. The molecule has 1 fully saturated rings. The topological polar surface area (TPSA) is 26.8 Å². The van der Waals surface area contributed by atoms with E-state index in [1.54, 1.807) is 0 Å². The molecule has 37 heavy (non-hydrogen) atoms. The van der Waals surface area contributed by atoms with Gasteiger partial charge in [0.1, 0.15) is 0 Å². The van der Waals surface area contributed by atoms with Gasteiger partial charge in [-0.1, -0.05) is 72.8 Å². The van der Waals surface area contributed by atoms with Crippen molar-refractivity contribution in [2.75, 3.05) is 49.1 Å². The Morgan fingerprint density at radius 1 is 0.622 bits per heavy atom. The molecule has 4 aromatic carbocycles. The van der Waals surface area contributed by atoms with Crippen molar-refractivity contribution in [1.29, 1.82) is 0 Å². The van der Waals surface area contributed by atoms with Gasteiger partial charge in [-0.25, -0.2) is 0 Å². The Labute approximate surface area is 220 Å². The monoisotopic (exact) mass is 489 g/mol. The number of anilines is 2. The zero-order valence-corrected chi connectivity index (χ0v) is 21.5. The van der Waals surface area contributed by atoms with Crippen molar-refractivity contribution in [2.45, 2.75) is 25.7 Å². The summed E-state index contributed by atoms with van der Waals surface area (Å²) in [6.07, 6.45) is 4.36. The maximum atomic E-state index is 13.4. The molecule has 0 spiro atoms. The molecule has 0 aromatic heterocycles. The minimum absolute atomic E-state index is 0.133. The first kappa shape index (κ1) is 23.7. The molecule has 0 N–H and O–H groups in total. The van der Waals surface area contributed by atoms with Crippen LogP contribution in [0.5, 0.6) is 0 Å². The van der Waals surface area contributed by atoms with E-state index in [9.17, 15) is 4.79 Å². The average molecular weight is 490 g/mol. The largest absolute Gasteiger partial charge is 0.370 e. The summed E-state index contributed by atoms with van der Waals surface area (Å²) in [5.41, 5.74) is 5.87. The molecule has 1 amide bonds. The number of aryl methyl sites for hydroxylation is 1. The summed E-state index contributed by atoms with van der Waals surface area (Å²) in [6.45, 7) is 6.17. The summed E-state index contributed by atoms with van der Waals surface area (Å²) in [5, 5.41) is 2.34. The highest BCUT2D eigenvalue weighted by Gasteiger charge is 2.31. The van der Waals surface area contributed by atoms with Gasteiger partial charge < -0.3 is 14.7 Å². The first-order valence-electron chi connectivity index (χ1n) is 13.7. The van der Waals surface area contributed by atoms with Gasteiger partial charge in [0.15, 0.2) is 0 Å². The fourth-order valence-corrected chi connectivity index (χ4v) is 6.00. The lowest BCUT2D eigenvalue weighted by atomic mass is 10.0. The lowest BCUT2D eigenvalue weighted by molar-refractivity contribution is 0.0993. The standard InChI is InChI=1S/C33H35N3O/c37-33-29-16-7-15-28-30(17-18-31(32(28)29)36(33)23-19-27-12-5-2-6-13-27)35-22-9-21-34(24-25-35)20-8-14-26-10-3-1-4-11-26/h1-7,10-13,15-18H,8-9,14,19-25H2. The Kier molecular flexibility index (Phi) is 6.92. The van der Waals surface area contributed by atoms with Crippen LogP contribution in [-0.2, 0) is 12.8 Å². The Bertz CT molecular complexity index is 1370. The van der Waals surface area contributed by atoms with E-state index in [-0.39, 0.29) is 5.91 Å². The second-order valence-electron chi connectivity index (χ2n) is 10.3. The molecule has 0 saturated carbocycles. The number of rotatable bonds is 8. The number of hydrogen-bond acceptors (Lipinski definition) is 3. The Morgan fingerprint density at radius 2 is 1.35 bits per heavy atom. The number of amides is 1. The van der Waals surface area contributed by atoms with E-state index in [0.717, 1.165) is 68.6 Å². The van der Waals surface area contributed by atoms with Gasteiger partial charge in [0, 0.05) is 48.2 Å². The van der Waals surface area contributed by atoms with Crippen molar-refractivity contribution in [3.63, 3.8) is 0 Å². The third-order valence-corrected chi connectivity index (χ3v) is 7.94. The van der Waals surface area contributed by atoms with E-state index in [4.69, 9.17) is 0 Å². The van der Waals surface area contributed by atoms with Crippen LogP contribution < -0.4 is 9.80 Å². The number of hydrogen-bond donors (Lipinski definition) is 0. The molecule has 4 heteroatoms. The average Bonchev–Trinajstić information content (AvgIpc) is 3.07. The Balaban J connectivity index is 1.16. The van der Waals surface area contributed by atoms with Crippen LogP contribution in [0.2, 0.25) is 0 Å². The predicted octanol–water partition coefficient (Wildman–Crippen LogP) is 6.19. The second kappa shape index (κ2) is 10.8. The highest BCUT2D eigenvalue weighted by Crippen LogP contribution is 2.42. The van der Waals surface area contributed by atoms with Crippen LogP contribution in [0.4, 0.5) is 11.4 Å². The summed E-state index contributed by atoms with van der Waals surface area (Å²) < 4.78 is 0. The molecular formula is C33H35N3O. The molecule has 2 aliphatic heterocycles. The lowest BCUT2D eigenvalue weighted by Gasteiger charge is -2.26. The molecule has 4 aromatic rings. The number of benzene rings is 4. The summed E-state index contributed by atoms with van der Waals surface area (Å²) in [4.78, 5) is 20.5. The van der Waals surface area contributed by atoms with Crippen LogP contribution >= 0.6 is 0 Å². The number of nitrogens with zero attached hydrogens (tertiary/aromatic N) is 3. The van der Waals surface area contributed by atoms with Crippen LogP contribution in [0.1, 0.15) is 34.3 Å². The van der Waals surface area contributed by atoms with Crippen molar-refractivity contribution < 1.29 is 4.79 Å². The third kappa shape index (κ3) is 4.99. The molecular weight excluding hydrogens is 454 g/mol. The van der Waals surface area contributed by atoms with Crippen molar-refractivity contribution in [3.8, 4) is 0 Å². The van der Waals surface area contributed by atoms with Crippen molar-refractivity contribution in [1.82, 2.24) is 4.90 Å². The van der Waals surface area contributed by atoms with Crippen LogP contribution in [0.3, 0.4) is 0 Å². The zero-order chi connectivity index (χ0) is 25.0. The second-order valence-corrected chi connectivity index (χ2v) is 10.3. The van der Waals surface area contributed by atoms with Gasteiger partial charge >= 0.3 is 0 Å². The Hall–Kier alpha value is -3.63. The summed E-state index contributed by atoms with van der Waals surface area (Å²) in [5.74, 6) is 0.133. The molecule has 6 rings (SSSR count). The molecule has 0 bridgehead atoms. The molecule has 4 nitrogen and oxygen atoms in total. The van der Waals surface area contributed by atoms with Gasteiger partial charge in [0.25, 0.3) is 5.91 Å². The van der Waals surface area contributed by atoms with Crippen LogP contribution in [0.15, 0.2) is 91.0 Å². The van der Waals surface area contributed by atoms with E-state index in [1.807, 2.05) is 17.0 Å². The Morgan fingerprint density at radius 3 is 2.14 bits per heavy atom. The van der Waals surface area contributed by atoms with E-state index >= 15 is 0 Å². The predicted molar refractivity (Wildman–Crippen MR) is 154 cm³/mol. The molecule has 0 aliphatic carbocycles. The van der Waals surface area contributed by atoms with Gasteiger partial charge in [0.2, 0.25) is 0 Å². The first-order valence-corrected chi connectivity index (χ1v) is 13.7. The molecule has 188 valence electrons. The molecule has 0 unspecified atom stereocenters. The quantitative estimate of drug-likeness (QED) is 0.295.